The minimum Gasteiger partial charge on any atom is -0.505 e. The fourth-order valence-corrected chi connectivity index (χ4v) is 2.32. The van der Waals surface area contributed by atoms with Crippen LogP contribution in [0.2, 0.25) is 0 Å². The molecule has 0 fully saturated rings. The molecule has 0 aromatic heterocycles. The number of guanidine groups is 1. The molecular weight excluding hydrogens is 349 g/mol. The Morgan fingerprint density at radius 3 is 2.78 bits per heavy atom. The van der Waals surface area contributed by atoms with Crippen molar-refractivity contribution in [3.63, 3.8) is 0 Å². The Balaban J connectivity index is 2.00. The first-order valence-corrected chi connectivity index (χ1v) is 8.87. The van der Waals surface area contributed by atoms with Crippen LogP contribution in [0.15, 0.2) is 47.5 Å². The summed E-state index contributed by atoms with van der Waals surface area (Å²) in [6.45, 7) is 4.17. The summed E-state index contributed by atoms with van der Waals surface area (Å²) >= 11 is 0. The molecule has 0 aliphatic heterocycles. The van der Waals surface area contributed by atoms with Crippen LogP contribution >= 0.6 is 0 Å². The highest BCUT2D eigenvalue weighted by atomic mass is 19.1. The largest absolute Gasteiger partial charge is 0.505 e. The Kier molecular flexibility index (Phi) is 8.38. The van der Waals surface area contributed by atoms with E-state index < -0.39 is 5.82 Å². The molecule has 0 aliphatic carbocycles. The summed E-state index contributed by atoms with van der Waals surface area (Å²) in [5.41, 5.74) is 1.49. The second-order valence-corrected chi connectivity index (χ2v) is 5.83. The number of benzene rings is 2. The number of phenolic OH excluding ortho intramolecular Hbond substituents is 1. The van der Waals surface area contributed by atoms with Crippen molar-refractivity contribution in [1.29, 1.82) is 0 Å². The predicted octanol–water partition coefficient (Wildman–Crippen LogP) is 3.52. The second-order valence-electron chi connectivity index (χ2n) is 5.83. The van der Waals surface area contributed by atoms with Gasteiger partial charge in [-0.15, -0.1) is 0 Å². The van der Waals surface area contributed by atoms with Crippen molar-refractivity contribution in [2.45, 2.75) is 19.9 Å². The van der Waals surface area contributed by atoms with Crippen LogP contribution in [-0.2, 0) is 11.3 Å². The van der Waals surface area contributed by atoms with Gasteiger partial charge in [-0.05, 0) is 36.8 Å². The minimum atomic E-state index is -0.654. The summed E-state index contributed by atoms with van der Waals surface area (Å²) in [6, 6.07) is 11.8. The number of ether oxygens (including phenoxy) is 2. The first kappa shape index (κ1) is 20.5. The number of hydrogen-bond acceptors (Lipinski definition) is 4. The number of anilines is 1. The van der Waals surface area contributed by atoms with Gasteiger partial charge in [0.05, 0.1) is 13.2 Å². The molecule has 0 heterocycles. The Morgan fingerprint density at radius 2 is 2.04 bits per heavy atom. The molecule has 0 bridgehead atoms. The van der Waals surface area contributed by atoms with Gasteiger partial charge >= 0.3 is 0 Å². The number of rotatable bonds is 9. The number of nitrogens with zero attached hydrogens (tertiary/aromatic N) is 1. The Bertz CT molecular complexity index is 753. The van der Waals surface area contributed by atoms with Crippen molar-refractivity contribution in [3.8, 4) is 11.5 Å². The monoisotopic (exact) mass is 375 g/mol. The van der Waals surface area contributed by atoms with Gasteiger partial charge in [-0.1, -0.05) is 12.1 Å². The van der Waals surface area contributed by atoms with Crippen molar-refractivity contribution in [3.05, 3.63) is 53.8 Å². The number of aliphatic imine (C=N–C) groups is 1. The third-order valence-electron chi connectivity index (χ3n) is 3.63. The highest BCUT2D eigenvalue weighted by Gasteiger charge is 2.04. The van der Waals surface area contributed by atoms with Gasteiger partial charge in [0.1, 0.15) is 5.75 Å². The van der Waals surface area contributed by atoms with Crippen LogP contribution in [0.4, 0.5) is 10.1 Å². The molecule has 3 N–H and O–H groups in total. The van der Waals surface area contributed by atoms with Gasteiger partial charge in [0.25, 0.3) is 0 Å². The molecule has 146 valence electrons. The van der Waals surface area contributed by atoms with Gasteiger partial charge in [-0.2, -0.15) is 0 Å². The molecule has 0 radical (unpaired) electrons. The van der Waals surface area contributed by atoms with Crippen LogP contribution in [0.25, 0.3) is 0 Å². The van der Waals surface area contributed by atoms with Gasteiger partial charge < -0.3 is 25.2 Å². The first-order chi connectivity index (χ1) is 13.1. The number of halogens is 1. The lowest BCUT2D eigenvalue weighted by Gasteiger charge is -2.13. The SMILES string of the molecule is CCNC(=NCc1ccc(O)c(F)c1)Nc1cccc(OCCCOC)c1. The summed E-state index contributed by atoms with van der Waals surface area (Å²) in [5, 5.41) is 15.6. The quantitative estimate of drug-likeness (QED) is 0.355. The molecule has 0 unspecified atom stereocenters. The third-order valence-corrected chi connectivity index (χ3v) is 3.63. The van der Waals surface area contributed by atoms with Gasteiger partial charge in [0, 0.05) is 38.4 Å². The lowest BCUT2D eigenvalue weighted by molar-refractivity contribution is 0.172. The van der Waals surface area contributed by atoms with Crippen LogP contribution in [-0.4, -0.2) is 37.9 Å². The van der Waals surface area contributed by atoms with E-state index in [1.807, 2.05) is 31.2 Å². The first-order valence-electron chi connectivity index (χ1n) is 8.87. The highest BCUT2D eigenvalue weighted by Crippen LogP contribution is 2.18. The van der Waals surface area contributed by atoms with Gasteiger partial charge in [-0.3, -0.25) is 0 Å². The van der Waals surface area contributed by atoms with E-state index >= 15 is 0 Å². The number of aromatic hydroxyl groups is 1. The maximum atomic E-state index is 13.4. The van der Waals surface area contributed by atoms with Crippen molar-refractivity contribution in [1.82, 2.24) is 5.32 Å². The minimum absolute atomic E-state index is 0.278. The molecule has 2 aromatic rings. The summed E-state index contributed by atoms with van der Waals surface area (Å²) in [5.74, 6) is 0.309. The standard InChI is InChI=1S/C20H26FN3O3/c1-3-22-20(23-14-15-8-9-19(25)18(21)12-15)24-16-6-4-7-17(13-16)27-11-5-10-26-2/h4,6-9,12-13,25H,3,5,10-11,14H2,1-2H3,(H2,22,23,24). The van der Waals surface area contributed by atoms with E-state index in [1.165, 1.54) is 12.1 Å². The predicted molar refractivity (Wildman–Crippen MR) is 105 cm³/mol. The molecular formula is C20H26FN3O3. The maximum absolute atomic E-state index is 13.4. The van der Waals surface area contributed by atoms with Crippen molar-refractivity contribution in [2.24, 2.45) is 4.99 Å². The van der Waals surface area contributed by atoms with Crippen LogP contribution in [0.5, 0.6) is 11.5 Å². The lowest BCUT2D eigenvalue weighted by atomic mass is 10.2. The normalized spacial score (nSPS) is 11.3. The summed E-state index contributed by atoms with van der Waals surface area (Å²) in [6.07, 6.45) is 0.821. The molecule has 0 spiro atoms. The zero-order chi connectivity index (χ0) is 19.5. The molecule has 0 saturated heterocycles. The number of nitrogens with one attached hydrogen (secondary N) is 2. The number of methoxy groups -OCH3 is 1. The summed E-state index contributed by atoms with van der Waals surface area (Å²) in [7, 11) is 1.67. The van der Waals surface area contributed by atoms with E-state index in [1.54, 1.807) is 13.2 Å². The van der Waals surface area contributed by atoms with Crippen LogP contribution in [0.3, 0.4) is 0 Å². The maximum Gasteiger partial charge on any atom is 0.196 e. The molecule has 6 nitrogen and oxygen atoms in total. The highest BCUT2D eigenvalue weighted by molar-refractivity contribution is 5.93. The molecule has 0 atom stereocenters. The Labute approximate surface area is 159 Å². The Hall–Kier alpha value is -2.80. The zero-order valence-corrected chi connectivity index (χ0v) is 15.7. The van der Waals surface area contributed by atoms with E-state index in [0.717, 1.165) is 17.9 Å². The van der Waals surface area contributed by atoms with Crippen molar-refractivity contribution >= 4 is 11.6 Å². The van der Waals surface area contributed by atoms with Gasteiger partial charge in [-0.25, -0.2) is 9.38 Å². The lowest BCUT2D eigenvalue weighted by Crippen LogP contribution is -2.30. The summed E-state index contributed by atoms with van der Waals surface area (Å²) < 4.78 is 24.1. The topological polar surface area (TPSA) is 75.1 Å². The van der Waals surface area contributed by atoms with Crippen molar-refractivity contribution in [2.75, 3.05) is 32.2 Å². The fraction of sp³-hybridized carbons (Fsp3) is 0.350. The molecule has 7 heteroatoms. The van der Waals surface area contributed by atoms with Crippen LogP contribution < -0.4 is 15.4 Å². The van der Waals surface area contributed by atoms with Gasteiger partial charge in [0.15, 0.2) is 17.5 Å². The molecule has 2 aromatic carbocycles. The average Bonchev–Trinajstić information content (AvgIpc) is 2.66. The van der Waals surface area contributed by atoms with E-state index in [4.69, 9.17) is 9.47 Å². The van der Waals surface area contributed by atoms with E-state index in [-0.39, 0.29) is 12.3 Å². The molecule has 0 aliphatic rings. The third kappa shape index (κ3) is 7.15. The van der Waals surface area contributed by atoms with Crippen molar-refractivity contribution < 1.29 is 19.0 Å². The van der Waals surface area contributed by atoms with E-state index in [0.29, 0.717) is 31.3 Å². The summed E-state index contributed by atoms with van der Waals surface area (Å²) in [4.78, 5) is 4.45. The van der Waals surface area contributed by atoms with E-state index in [9.17, 15) is 9.50 Å². The number of phenols is 1. The average molecular weight is 375 g/mol. The van der Waals surface area contributed by atoms with E-state index in [2.05, 4.69) is 15.6 Å². The smallest absolute Gasteiger partial charge is 0.196 e. The fourth-order valence-electron chi connectivity index (χ4n) is 2.32. The number of hydrogen-bond donors (Lipinski definition) is 3. The molecule has 0 amide bonds. The molecule has 0 saturated carbocycles. The van der Waals surface area contributed by atoms with Crippen LogP contribution in [0.1, 0.15) is 18.9 Å². The molecule has 27 heavy (non-hydrogen) atoms. The molecule has 2 rings (SSSR count). The zero-order valence-electron chi connectivity index (χ0n) is 15.7. The van der Waals surface area contributed by atoms with Crippen LogP contribution in [0, 0.1) is 5.82 Å². The van der Waals surface area contributed by atoms with Gasteiger partial charge in [0.2, 0.25) is 0 Å². The second kappa shape index (κ2) is 11.0. The Morgan fingerprint density at radius 1 is 1.19 bits per heavy atom.